The molecule has 0 amide bonds. The number of carbonyl (C=O) groups is 1. The van der Waals surface area contributed by atoms with Crippen LogP contribution in [0.1, 0.15) is 12.6 Å². The zero-order chi connectivity index (χ0) is 15.4. The van der Waals surface area contributed by atoms with Gasteiger partial charge >= 0.3 is 5.97 Å². The monoisotopic (exact) mass is 292 g/mol. The first-order valence-electron chi connectivity index (χ1n) is 7.17. The fraction of sp³-hybridized carbons (Fsp3) is 0.111. The summed E-state index contributed by atoms with van der Waals surface area (Å²) in [6, 6.07) is 15.7. The first kappa shape index (κ1) is 14.1. The van der Waals surface area contributed by atoms with Gasteiger partial charge in [-0.05, 0) is 25.1 Å². The van der Waals surface area contributed by atoms with Gasteiger partial charge in [0.15, 0.2) is 0 Å². The highest BCUT2D eigenvalue weighted by Crippen LogP contribution is 2.25. The van der Waals surface area contributed by atoms with Gasteiger partial charge in [0.1, 0.15) is 5.65 Å². The molecule has 0 bridgehead atoms. The first-order valence-corrected chi connectivity index (χ1v) is 7.17. The lowest BCUT2D eigenvalue weighted by molar-refractivity contribution is -0.137. The second-order valence-corrected chi connectivity index (χ2v) is 4.73. The summed E-state index contributed by atoms with van der Waals surface area (Å²) in [6.45, 7) is 2.15. The van der Waals surface area contributed by atoms with Gasteiger partial charge in [0, 0.05) is 17.8 Å². The molecule has 0 unspecified atom stereocenters. The number of ether oxygens (including phenoxy) is 1. The molecule has 0 N–H and O–H groups in total. The Hall–Kier alpha value is -2.88. The first-order chi connectivity index (χ1) is 10.8. The molecule has 3 aromatic rings. The number of imidazole rings is 1. The van der Waals surface area contributed by atoms with Crippen LogP contribution in [0.3, 0.4) is 0 Å². The third kappa shape index (κ3) is 2.76. The van der Waals surface area contributed by atoms with E-state index in [1.54, 1.807) is 13.0 Å². The summed E-state index contributed by atoms with van der Waals surface area (Å²) < 4.78 is 6.90. The Morgan fingerprint density at radius 3 is 2.73 bits per heavy atom. The SMILES string of the molecule is CCOC(=O)/C=C/c1c(-c2ccccc2)nc2ccccn12. The van der Waals surface area contributed by atoms with Crippen molar-refractivity contribution in [3.8, 4) is 11.3 Å². The third-order valence-corrected chi connectivity index (χ3v) is 3.28. The van der Waals surface area contributed by atoms with Crippen LogP contribution in [0.25, 0.3) is 23.0 Å². The number of nitrogens with zero attached hydrogens (tertiary/aromatic N) is 2. The molecule has 0 atom stereocenters. The lowest BCUT2D eigenvalue weighted by Gasteiger charge is -2.01. The molecule has 4 heteroatoms. The number of pyridine rings is 1. The number of hydrogen-bond donors (Lipinski definition) is 0. The molecule has 0 aliphatic rings. The molecule has 1 aromatic carbocycles. The summed E-state index contributed by atoms with van der Waals surface area (Å²) in [5, 5.41) is 0. The highest BCUT2D eigenvalue weighted by atomic mass is 16.5. The summed E-state index contributed by atoms with van der Waals surface area (Å²) in [7, 11) is 0. The molecular formula is C18H16N2O2. The van der Waals surface area contributed by atoms with Gasteiger partial charge in [-0.3, -0.25) is 4.40 Å². The van der Waals surface area contributed by atoms with E-state index in [9.17, 15) is 4.79 Å². The molecule has 2 heterocycles. The van der Waals surface area contributed by atoms with Gasteiger partial charge in [-0.2, -0.15) is 0 Å². The number of benzene rings is 1. The largest absolute Gasteiger partial charge is 0.463 e. The second kappa shape index (κ2) is 6.26. The summed E-state index contributed by atoms with van der Waals surface area (Å²) in [5.41, 5.74) is 3.54. The molecule has 0 spiro atoms. The fourth-order valence-corrected chi connectivity index (χ4v) is 2.32. The topological polar surface area (TPSA) is 43.6 Å². The fourth-order valence-electron chi connectivity index (χ4n) is 2.32. The van der Waals surface area contributed by atoms with E-state index in [1.165, 1.54) is 6.08 Å². The van der Waals surface area contributed by atoms with E-state index in [0.29, 0.717) is 6.61 Å². The van der Waals surface area contributed by atoms with Gasteiger partial charge in [0.2, 0.25) is 0 Å². The molecule has 0 saturated carbocycles. The second-order valence-electron chi connectivity index (χ2n) is 4.73. The molecule has 0 radical (unpaired) electrons. The van der Waals surface area contributed by atoms with Gasteiger partial charge < -0.3 is 4.74 Å². The van der Waals surface area contributed by atoms with Crippen LogP contribution in [0.4, 0.5) is 0 Å². The Balaban J connectivity index is 2.12. The Kier molecular flexibility index (Phi) is 4.01. The summed E-state index contributed by atoms with van der Waals surface area (Å²) in [5.74, 6) is -0.354. The van der Waals surface area contributed by atoms with Crippen molar-refractivity contribution in [3.05, 3.63) is 66.5 Å². The van der Waals surface area contributed by atoms with Crippen LogP contribution < -0.4 is 0 Å². The van der Waals surface area contributed by atoms with Gasteiger partial charge in [-0.15, -0.1) is 0 Å². The molecule has 4 nitrogen and oxygen atoms in total. The molecule has 0 fully saturated rings. The van der Waals surface area contributed by atoms with Crippen molar-refractivity contribution >= 4 is 17.7 Å². The number of aromatic nitrogens is 2. The van der Waals surface area contributed by atoms with Crippen molar-refractivity contribution in [2.24, 2.45) is 0 Å². The number of hydrogen-bond acceptors (Lipinski definition) is 3. The highest BCUT2D eigenvalue weighted by molar-refractivity contribution is 5.88. The van der Waals surface area contributed by atoms with Gasteiger partial charge in [0.05, 0.1) is 18.0 Å². The van der Waals surface area contributed by atoms with Gasteiger partial charge in [-0.1, -0.05) is 36.4 Å². The van der Waals surface area contributed by atoms with Crippen molar-refractivity contribution in [1.82, 2.24) is 9.38 Å². The van der Waals surface area contributed by atoms with E-state index < -0.39 is 0 Å². The predicted octanol–water partition coefficient (Wildman–Crippen LogP) is 3.58. The Morgan fingerprint density at radius 1 is 1.18 bits per heavy atom. The van der Waals surface area contributed by atoms with Gasteiger partial charge in [0.25, 0.3) is 0 Å². The maximum atomic E-state index is 11.6. The van der Waals surface area contributed by atoms with Crippen LogP contribution in [0.2, 0.25) is 0 Å². The average Bonchev–Trinajstić information content (AvgIpc) is 2.93. The van der Waals surface area contributed by atoms with Gasteiger partial charge in [-0.25, -0.2) is 9.78 Å². The minimum atomic E-state index is -0.354. The molecule has 0 saturated heterocycles. The lowest BCUT2D eigenvalue weighted by atomic mass is 10.1. The maximum absolute atomic E-state index is 11.6. The zero-order valence-electron chi connectivity index (χ0n) is 12.3. The predicted molar refractivity (Wildman–Crippen MR) is 86.3 cm³/mol. The van der Waals surface area contributed by atoms with Crippen LogP contribution in [0.5, 0.6) is 0 Å². The molecule has 0 aliphatic carbocycles. The molecule has 2 aromatic heterocycles. The van der Waals surface area contributed by atoms with Crippen molar-refractivity contribution in [1.29, 1.82) is 0 Å². The van der Waals surface area contributed by atoms with Crippen molar-refractivity contribution in [3.63, 3.8) is 0 Å². The molecule has 3 rings (SSSR count). The average molecular weight is 292 g/mol. The molecule has 22 heavy (non-hydrogen) atoms. The van der Waals surface area contributed by atoms with E-state index in [1.807, 2.05) is 59.1 Å². The quantitative estimate of drug-likeness (QED) is 0.545. The van der Waals surface area contributed by atoms with Crippen LogP contribution in [0, 0.1) is 0 Å². The standard InChI is InChI=1S/C18H16N2O2/c1-2-22-17(21)12-11-15-18(14-8-4-3-5-9-14)19-16-10-6-7-13-20(15)16/h3-13H,2H2,1H3/b12-11+. The van der Waals surface area contributed by atoms with E-state index in [4.69, 9.17) is 4.74 Å². The van der Waals surface area contributed by atoms with E-state index in [-0.39, 0.29) is 5.97 Å². The maximum Gasteiger partial charge on any atom is 0.330 e. The van der Waals surface area contributed by atoms with Crippen molar-refractivity contribution in [2.45, 2.75) is 6.92 Å². The number of fused-ring (bicyclic) bond motifs is 1. The normalized spacial score (nSPS) is 11.1. The summed E-state index contributed by atoms with van der Waals surface area (Å²) >= 11 is 0. The molecule has 110 valence electrons. The van der Waals surface area contributed by atoms with Crippen LogP contribution in [-0.2, 0) is 9.53 Å². The third-order valence-electron chi connectivity index (χ3n) is 3.28. The number of carbonyl (C=O) groups excluding carboxylic acids is 1. The van der Waals surface area contributed by atoms with E-state index in [0.717, 1.165) is 22.6 Å². The van der Waals surface area contributed by atoms with Crippen LogP contribution in [-0.4, -0.2) is 22.0 Å². The van der Waals surface area contributed by atoms with Crippen molar-refractivity contribution < 1.29 is 9.53 Å². The lowest BCUT2D eigenvalue weighted by Crippen LogP contribution is -1.99. The summed E-state index contributed by atoms with van der Waals surface area (Å²) in [4.78, 5) is 16.2. The van der Waals surface area contributed by atoms with Crippen LogP contribution >= 0.6 is 0 Å². The molecule has 0 aliphatic heterocycles. The Bertz CT molecular complexity index is 819. The van der Waals surface area contributed by atoms with E-state index in [2.05, 4.69) is 4.98 Å². The smallest absolute Gasteiger partial charge is 0.330 e. The Morgan fingerprint density at radius 2 is 1.95 bits per heavy atom. The summed E-state index contributed by atoms with van der Waals surface area (Å²) in [6.07, 6.45) is 5.12. The van der Waals surface area contributed by atoms with Crippen LogP contribution in [0.15, 0.2) is 60.8 Å². The van der Waals surface area contributed by atoms with E-state index >= 15 is 0 Å². The number of esters is 1. The van der Waals surface area contributed by atoms with Crippen molar-refractivity contribution in [2.75, 3.05) is 6.61 Å². The minimum absolute atomic E-state index is 0.354. The highest BCUT2D eigenvalue weighted by Gasteiger charge is 2.11. The zero-order valence-corrected chi connectivity index (χ0v) is 12.3. The minimum Gasteiger partial charge on any atom is -0.463 e. The molecular weight excluding hydrogens is 276 g/mol. The Labute approximate surface area is 128 Å². The number of rotatable bonds is 4.